The maximum atomic E-state index is 12.8. The number of nitrogens with zero attached hydrogens (tertiary/aromatic N) is 1. The van der Waals surface area contributed by atoms with Gasteiger partial charge in [-0.2, -0.15) is 0 Å². The van der Waals surface area contributed by atoms with Gasteiger partial charge in [-0.05, 0) is 43.7 Å². The summed E-state index contributed by atoms with van der Waals surface area (Å²) in [7, 11) is 0. The fourth-order valence-corrected chi connectivity index (χ4v) is 2.07. The van der Waals surface area contributed by atoms with Crippen LogP contribution < -0.4 is 14.8 Å². The van der Waals surface area contributed by atoms with Crippen LogP contribution in [0.4, 0.5) is 10.1 Å². The number of benzene rings is 2. The minimum atomic E-state index is -0.393. The Labute approximate surface area is 151 Å². The van der Waals surface area contributed by atoms with Crippen molar-refractivity contribution in [1.82, 2.24) is 0 Å². The summed E-state index contributed by atoms with van der Waals surface area (Å²) in [6.45, 7) is 4.44. The Bertz CT molecular complexity index is 748. The maximum Gasteiger partial charge on any atom is 0.265 e. The first kappa shape index (κ1) is 19.2. The molecule has 6 nitrogen and oxygen atoms in total. The predicted octanol–water partition coefficient (Wildman–Crippen LogP) is 3.61. The fourth-order valence-electron chi connectivity index (χ4n) is 2.07. The third kappa shape index (κ3) is 6.08. The van der Waals surface area contributed by atoms with Gasteiger partial charge in [-0.15, -0.1) is 0 Å². The number of nitrogens with one attached hydrogen (secondary N) is 1. The van der Waals surface area contributed by atoms with E-state index in [1.165, 1.54) is 18.3 Å². The molecule has 0 spiro atoms. The van der Waals surface area contributed by atoms with E-state index in [1.54, 1.807) is 30.3 Å². The van der Waals surface area contributed by atoms with Crippen molar-refractivity contribution < 1.29 is 23.5 Å². The zero-order chi connectivity index (χ0) is 18.8. The van der Waals surface area contributed by atoms with Crippen LogP contribution in [0, 0.1) is 5.82 Å². The second kappa shape index (κ2) is 10.0. The Morgan fingerprint density at radius 3 is 2.54 bits per heavy atom. The number of carbonyl (C=O) groups excluding carboxylic acids is 1. The minimum Gasteiger partial charge on any atom is -0.494 e. The van der Waals surface area contributed by atoms with Gasteiger partial charge in [0.1, 0.15) is 17.3 Å². The van der Waals surface area contributed by atoms with E-state index in [0.717, 1.165) is 0 Å². The van der Waals surface area contributed by atoms with Crippen LogP contribution in [0.1, 0.15) is 19.4 Å². The molecule has 0 aliphatic carbocycles. The largest absolute Gasteiger partial charge is 0.494 e. The predicted molar refractivity (Wildman–Crippen MR) is 97.4 cm³/mol. The zero-order valence-corrected chi connectivity index (χ0v) is 14.7. The number of anilines is 1. The molecule has 1 amide bonds. The standard InChI is InChI=1S/C19H21FN2O4/c1-3-24-16-9-10-18(25-4-2)17(11-16)22-19(23)13-26-21-12-14-5-7-15(20)8-6-14/h5-12H,3-4,13H2,1-2H3,(H,22,23)/b21-12+. The van der Waals surface area contributed by atoms with Crippen LogP contribution in [0.25, 0.3) is 0 Å². The highest BCUT2D eigenvalue weighted by atomic mass is 19.1. The van der Waals surface area contributed by atoms with Crippen LogP contribution in [-0.2, 0) is 9.63 Å². The molecular weight excluding hydrogens is 339 g/mol. The molecule has 0 radical (unpaired) electrons. The zero-order valence-electron chi connectivity index (χ0n) is 14.7. The van der Waals surface area contributed by atoms with Gasteiger partial charge in [0.15, 0.2) is 6.61 Å². The molecule has 0 aliphatic heterocycles. The van der Waals surface area contributed by atoms with Crippen LogP contribution in [0.2, 0.25) is 0 Å². The van der Waals surface area contributed by atoms with Crippen LogP contribution in [0.3, 0.4) is 0 Å². The molecule has 2 aromatic carbocycles. The Hall–Kier alpha value is -3.09. The molecule has 0 unspecified atom stereocenters. The fraction of sp³-hybridized carbons (Fsp3) is 0.263. The van der Waals surface area contributed by atoms with E-state index in [4.69, 9.17) is 14.3 Å². The highest BCUT2D eigenvalue weighted by molar-refractivity contribution is 5.93. The third-order valence-electron chi connectivity index (χ3n) is 3.18. The second-order valence-electron chi connectivity index (χ2n) is 5.13. The number of carbonyl (C=O) groups is 1. The summed E-state index contributed by atoms with van der Waals surface area (Å²) >= 11 is 0. The van der Waals surface area contributed by atoms with Crippen LogP contribution in [0.15, 0.2) is 47.6 Å². The molecule has 26 heavy (non-hydrogen) atoms. The molecule has 2 rings (SSSR count). The van der Waals surface area contributed by atoms with Crippen molar-refractivity contribution in [3.05, 3.63) is 53.8 Å². The Morgan fingerprint density at radius 1 is 1.12 bits per heavy atom. The first-order valence-corrected chi connectivity index (χ1v) is 8.22. The van der Waals surface area contributed by atoms with Crippen molar-refractivity contribution in [2.75, 3.05) is 25.1 Å². The van der Waals surface area contributed by atoms with E-state index in [0.29, 0.717) is 36.0 Å². The normalized spacial score (nSPS) is 10.6. The molecule has 0 saturated carbocycles. The topological polar surface area (TPSA) is 69.2 Å². The SMILES string of the molecule is CCOc1ccc(OCC)c(NC(=O)CO/N=C/c2ccc(F)cc2)c1. The molecule has 1 N–H and O–H groups in total. The van der Waals surface area contributed by atoms with Gasteiger partial charge in [-0.25, -0.2) is 4.39 Å². The van der Waals surface area contributed by atoms with Gasteiger partial charge in [0.25, 0.3) is 5.91 Å². The molecule has 138 valence electrons. The summed E-state index contributed by atoms with van der Waals surface area (Å²) in [5.74, 6) is 0.443. The van der Waals surface area contributed by atoms with E-state index in [-0.39, 0.29) is 12.4 Å². The summed E-state index contributed by atoms with van der Waals surface area (Å²) in [5, 5.41) is 6.40. The Balaban J connectivity index is 1.91. The highest BCUT2D eigenvalue weighted by Gasteiger charge is 2.10. The third-order valence-corrected chi connectivity index (χ3v) is 3.18. The molecule has 0 heterocycles. The van der Waals surface area contributed by atoms with Crippen LogP contribution in [-0.4, -0.2) is 31.9 Å². The lowest BCUT2D eigenvalue weighted by Crippen LogP contribution is -2.17. The molecule has 0 atom stereocenters. The summed E-state index contributed by atoms with van der Waals surface area (Å²) in [6.07, 6.45) is 1.40. The number of hydrogen-bond donors (Lipinski definition) is 1. The molecule has 0 saturated heterocycles. The molecule has 7 heteroatoms. The lowest BCUT2D eigenvalue weighted by atomic mass is 10.2. The number of halogens is 1. The minimum absolute atomic E-state index is 0.276. The van der Waals surface area contributed by atoms with Gasteiger partial charge in [0.05, 0.1) is 25.1 Å². The summed E-state index contributed by atoms with van der Waals surface area (Å²) in [5.41, 5.74) is 1.16. The van der Waals surface area contributed by atoms with E-state index < -0.39 is 5.91 Å². The van der Waals surface area contributed by atoms with Gasteiger partial charge in [-0.1, -0.05) is 17.3 Å². The molecule has 0 aliphatic rings. The van der Waals surface area contributed by atoms with Gasteiger partial charge < -0.3 is 19.6 Å². The monoisotopic (exact) mass is 360 g/mol. The highest BCUT2D eigenvalue weighted by Crippen LogP contribution is 2.29. The van der Waals surface area contributed by atoms with E-state index in [9.17, 15) is 9.18 Å². The van der Waals surface area contributed by atoms with Crippen molar-refractivity contribution in [2.45, 2.75) is 13.8 Å². The summed E-state index contributed by atoms with van der Waals surface area (Å²) in [6, 6.07) is 10.9. The first-order valence-electron chi connectivity index (χ1n) is 8.22. The van der Waals surface area contributed by atoms with Crippen molar-refractivity contribution in [3.8, 4) is 11.5 Å². The average molecular weight is 360 g/mol. The van der Waals surface area contributed by atoms with Crippen LogP contribution >= 0.6 is 0 Å². The summed E-state index contributed by atoms with van der Waals surface area (Å²) < 4.78 is 23.7. The van der Waals surface area contributed by atoms with E-state index in [1.807, 2.05) is 13.8 Å². The van der Waals surface area contributed by atoms with Gasteiger partial charge in [0.2, 0.25) is 0 Å². The van der Waals surface area contributed by atoms with E-state index in [2.05, 4.69) is 10.5 Å². The Kier molecular flexibility index (Phi) is 7.42. The first-order chi connectivity index (χ1) is 12.6. The lowest BCUT2D eigenvalue weighted by Gasteiger charge is -2.13. The quantitative estimate of drug-likeness (QED) is 0.548. The average Bonchev–Trinajstić information content (AvgIpc) is 2.63. The molecule has 0 bridgehead atoms. The van der Waals surface area contributed by atoms with Gasteiger partial charge in [0, 0.05) is 6.07 Å². The second-order valence-corrected chi connectivity index (χ2v) is 5.13. The number of ether oxygens (including phenoxy) is 2. The number of amides is 1. The van der Waals surface area contributed by atoms with Gasteiger partial charge in [-0.3, -0.25) is 4.79 Å². The Morgan fingerprint density at radius 2 is 1.85 bits per heavy atom. The molecular formula is C19H21FN2O4. The van der Waals surface area contributed by atoms with E-state index >= 15 is 0 Å². The van der Waals surface area contributed by atoms with Gasteiger partial charge >= 0.3 is 0 Å². The maximum absolute atomic E-state index is 12.8. The molecule has 0 aromatic heterocycles. The smallest absolute Gasteiger partial charge is 0.265 e. The molecule has 0 fully saturated rings. The number of rotatable bonds is 9. The molecule has 2 aromatic rings. The van der Waals surface area contributed by atoms with Crippen molar-refractivity contribution >= 4 is 17.8 Å². The number of oxime groups is 1. The van der Waals surface area contributed by atoms with Crippen molar-refractivity contribution in [3.63, 3.8) is 0 Å². The van der Waals surface area contributed by atoms with Crippen molar-refractivity contribution in [1.29, 1.82) is 0 Å². The van der Waals surface area contributed by atoms with Crippen LogP contribution in [0.5, 0.6) is 11.5 Å². The lowest BCUT2D eigenvalue weighted by molar-refractivity contribution is -0.120. The van der Waals surface area contributed by atoms with Crippen molar-refractivity contribution in [2.24, 2.45) is 5.16 Å². The number of hydrogen-bond acceptors (Lipinski definition) is 5. The summed E-state index contributed by atoms with van der Waals surface area (Å²) in [4.78, 5) is 17.0.